The first kappa shape index (κ1) is 22.8. The van der Waals surface area contributed by atoms with Crippen LogP contribution in [-0.2, 0) is 20.4 Å². The highest BCUT2D eigenvalue weighted by atomic mass is 79.9. The summed E-state index contributed by atoms with van der Waals surface area (Å²) < 4.78 is 8.97. The maximum atomic E-state index is 13.2. The molecule has 2 bridgehead atoms. The number of rotatable bonds is 3. The van der Waals surface area contributed by atoms with Gasteiger partial charge in [-0.15, -0.1) is 0 Å². The molecule has 3 fully saturated rings. The van der Waals surface area contributed by atoms with Gasteiger partial charge in [-0.1, -0.05) is 32.4 Å². The summed E-state index contributed by atoms with van der Waals surface area (Å²) >= 11 is 3.77. The minimum atomic E-state index is -0.355. The number of esters is 1. The van der Waals surface area contributed by atoms with Gasteiger partial charge in [-0.3, -0.25) is 4.79 Å². The average molecular weight is 526 g/mol. The fourth-order valence-corrected chi connectivity index (χ4v) is 9.96. The van der Waals surface area contributed by atoms with Crippen LogP contribution in [0.2, 0.25) is 0 Å². The molecule has 0 aliphatic heterocycles. The van der Waals surface area contributed by atoms with Crippen LogP contribution in [0.15, 0.2) is 34.9 Å². The second-order valence-corrected chi connectivity index (χ2v) is 13.2. The fraction of sp³-hybridized carbons (Fsp3) is 0.655. The lowest BCUT2D eigenvalue weighted by atomic mass is 9.40. The number of carbonyl (C=O) groups is 1. The minimum Gasteiger partial charge on any atom is -0.466 e. The van der Waals surface area contributed by atoms with Crippen molar-refractivity contribution in [1.29, 1.82) is 0 Å². The van der Waals surface area contributed by atoms with Gasteiger partial charge in [0.1, 0.15) is 0 Å². The summed E-state index contributed by atoms with van der Waals surface area (Å²) in [6, 6.07) is 8.45. The Balaban J connectivity index is 1.46. The third kappa shape index (κ3) is 2.77. The van der Waals surface area contributed by atoms with Gasteiger partial charge in [0.25, 0.3) is 0 Å². The van der Waals surface area contributed by atoms with Crippen LogP contribution in [0.1, 0.15) is 90.3 Å². The van der Waals surface area contributed by atoms with Crippen LogP contribution in [0.5, 0.6) is 0 Å². The molecule has 1 heterocycles. The van der Waals surface area contributed by atoms with Crippen molar-refractivity contribution in [2.24, 2.45) is 22.7 Å². The van der Waals surface area contributed by atoms with Crippen LogP contribution < -0.4 is 0 Å². The molecule has 34 heavy (non-hydrogen) atoms. The van der Waals surface area contributed by atoms with E-state index < -0.39 is 0 Å². The molecular weight excluding hydrogens is 488 g/mol. The molecule has 4 aliphatic rings. The monoisotopic (exact) mass is 524 g/mol. The number of fused-ring (bicyclic) bond motifs is 5. The molecule has 5 heteroatoms. The SMILES string of the molecule is CCOC(=O)[C@]1(C)CCC[C@@]2(C)[C@@H]3CC[C@@]4(C)C[C@]3(CC[C@@H]21)c1cnn(-c2ccccc2Br)c14. The fourth-order valence-electron chi connectivity index (χ4n) is 9.51. The minimum absolute atomic E-state index is 0.0383. The van der Waals surface area contributed by atoms with E-state index >= 15 is 0 Å². The molecule has 3 saturated carbocycles. The number of nitrogens with zero attached hydrogens (tertiary/aromatic N) is 2. The Kier molecular flexibility index (Phi) is 5.00. The zero-order valence-electron chi connectivity index (χ0n) is 21.0. The van der Waals surface area contributed by atoms with Gasteiger partial charge in [-0.05, 0) is 104 Å². The Labute approximate surface area is 212 Å². The molecule has 0 saturated heterocycles. The maximum absolute atomic E-state index is 13.2. The normalized spacial score (nSPS) is 40.3. The van der Waals surface area contributed by atoms with Gasteiger partial charge < -0.3 is 4.74 Å². The standard InChI is InChI=1S/C29H37BrN2O2/c1-5-34-25(33)28(4)14-8-13-27(3)22(28)12-16-29-18-26(2,15-11-23(27)29)24-19(29)17-31-32(24)21-10-7-6-9-20(21)30/h6-7,9-10,17,22-23H,5,8,11-16,18H2,1-4H3/t22-,23-,26-,27+,28+,29+/m0/s1. The summed E-state index contributed by atoms with van der Waals surface area (Å²) in [5.41, 5.74) is 4.21. The molecule has 1 spiro atoms. The van der Waals surface area contributed by atoms with Gasteiger partial charge in [0.05, 0.1) is 29.6 Å². The van der Waals surface area contributed by atoms with Crippen LogP contribution in [0.25, 0.3) is 5.69 Å². The first-order valence-corrected chi connectivity index (χ1v) is 14.0. The number of halogens is 1. The number of carbonyl (C=O) groups excluding carboxylic acids is 1. The van der Waals surface area contributed by atoms with Gasteiger partial charge in [-0.25, -0.2) is 4.68 Å². The lowest BCUT2D eigenvalue weighted by molar-refractivity contribution is -0.180. The molecule has 4 nitrogen and oxygen atoms in total. The number of hydrogen-bond acceptors (Lipinski definition) is 3. The second kappa shape index (κ2) is 7.44. The Hall–Kier alpha value is -1.62. The van der Waals surface area contributed by atoms with Crippen molar-refractivity contribution in [3.8, 4) is 5.69 Å². The summed E-state index contributed by atoms with van der Waals surface area (Å²) in [4.78, 5) is 13.2. The molecule has 1 aromatic heterocycles. The lowest BCUT2D eigenvalue weighted by Gasteiger charge is -2.64. The Morgan fingerprint density at radius 1 is 1.12 bits per heavy atom. The molecule has 6 atom stereocenters. The van der Waals surface area contributed by atoms with Crippen molar-refractivity contribution in [1.82, 2.24) is 9.78 Å². The van der Waals surface area contributed by atoms with E-state index in [0.29, 0.717) is 18.4 Å². The zero-order valence-corrected chi connectivity index (χ0v) is 22.6. The maximum Gasteiger partial charge on any atom is 0.312 e. The molecule has 4 aliphatic carbocycles. The number of benzene rings is 1. The number of para-hydroxylation sites is 1. The van der Waals surface area contributed by atoms with E-state index in [-0.39, 0.29) is 27.6 Å². The van der Waals surface area contributed by atoms with Crippen molar-refractivity contribution in [3.63, 3.8) is 0 Å². The van der Waals surface area contributed by atoms with Crippen LogP contribution in [0, 0.1) is 22.7 Å². The number of hydrogen-bond donors (Lipinski definition) is 0. The molecule has 6 rings (SSSR count). The highest BCUT2D eigenvalue weighted by Gasteiger charge is 2.68. The predicted octanol–water partition coefficient (Wildman–Crippen LogP) is 7.11. The van der Waals surface area contributed by atoms with Crippen molar-refractivity contribution in [2.75, 3.05) is 6.61 Å². The van der Waals surface area contributed by atoms with Crippen molar-refractivity contribution < 1.29 is 9.53 Å². The van der Waals surface area contributed by atoms with E-state index in [4.69, 9.17) is 9.84 Å². The smallest absolute Gasteiger partial charge is 0.312 e. The summed E-state index contributed by atoms with van der Waals surface area (Å²) in [5, 5.41) is 5.00. The number of aromatic nitrogens is 2. The first-order valence-electron chi connectivity index (χ1n) is 13.2. The van der Waals surface area contributed by atoms with Crippen LogP contribution in [0.4, 0.5) is 0 Å². The average Bonchev–Trinajstić information content (AvgIpc) is 3.32. The summed E-state index contributed by atoms with van der Waals surface area (Å²) in [6.45, 7) is 9.62. The molecule has 0 N–H and O–H groups in total. The van der Waals surface area contributed by atoms with Gasteiger partial charge in [-0.2, -0.15) is 5.10 Å². The number of ether oxygens (including phenoxy) is 1. The molecular formula is C29H37BrN2O2. The molecule has 182 valence electrons. The summed E-state index contributed by atoms with van der Waals surface area (Å²) in [6.07, 6.45) is 11.5. The largest absolute Gasteiger partial charge is 0.466 e. The molecule has 1 aromatic carbocycles. The quantitative estimate of drug-likeness (QED) is 0.401. The van der Waals surface area contributed by atoms with E-state index in [1.54, 1.807) is 0 Å². The third-order valence-electron chi connectivity index (χ3n) is 10.7. The van der Waals surface area contributed by atoms with E-state index in [1.807, 2.05) is 6.92 Å². The van der Waals surface area contributed by atoms with Crippen molar-refractivity contribution in [2.45, 2.75) is 89.9 Å². The van der Waals surface area contributed by atoms with Crippen molar-refractivity contribution >= 4 is 21.9 Å². The van der Waals surface area contributed by atoms with Crippen molar-refractivity contribution in [3.05, 3.63) is 46.2 Å². The van der Waals surface area contributed by atoms with E-state index in [2.05, 4.69) is 71.8 Å². The molecule has 2 aromatic rings. The van der Waals surface area contributed by atoms with E-state index in [9.17, 15) is 4.79 Å². The molecule has 0 unspecified atom stereocenters. The van der Waals surface area contributed by atoms with Gasteiger partial charge >= 0.3 is 5.97 Å². The lowest BCUT2D eigenvalue weighted by Crippen LogP contribution is -2.60. The summed E-state index contributed by atoms with van der Waals surface area (Å²) in [7, 11) is 0. The molecule has 0 amide bonds. The third-order valence-corrected chi connectivity index (χ3v) is 11.4. The Bertz CT molecular complexity index is 1160. The van der Waals surface area contributed by atoms with E-state index in [1.165, 1.54) is 36.9 Å². The molecule has 0 radical (unpaired) electrons. The zero-order chi connectivity index (χ0) is 23.9. The first-order chi connectivity index (χ1) is 16.2. The van der Waals surface area contributed by atoms with E-state index in [0.717, 1.165) is 35.8 Å². The Morgan fingerprint density at radius 3 is 2.65 bits per heavy atom. The van der Waals surface area contributed by atoms with Gasteiger partial charge in [0, 0.05) is 20.9 Å². The summed E-state index contributed by atoms with van der Waals surface area (Å²) in [5.74, 6) is 1.03. The second-order valence-electron chi connectivity index (χ2n) is 12.3. The van der Waals surface area contributed by atoms with Gasteiger partial charge in [0.15, 0.2) is 0 Å². The topological polar surface area (TPSA) is 44.1 Å². The Morgan fingerprint density at radius 2 is 1.88 bits per heavy atom. The highest BCUT2D eigenvalue weighted by molar-refractivity contribution is 9.10. The van der Waals surface area contributed by atoms with Gasteiger partial charge in [0.2, 0.25) is 0 Å². The highest BCUT2D eigenvalue weighted by Crippen LogP contribution is 2.73. The van der Waals surface area contributed by atoms with Crippen LogP contribution in [0.3, 0.4) is 0 Å². The van der Waals surface area contributed by atoms with Crippen LogP contribution in [-0.4, -0.2) is 22.4 Å². The van der Waals surface area contributed by atoms with Crippen LogP contribution >= 0.6 is 15.9 Å². The predicted molar refractivity (Wildman–Crippen MR) is 137 cm³/mol.